The van der Waals surface area contributed by atoms with Crippen molar-refractivity contribution in [3.8, 4) is 11.5 Å². The van der Waals surface area contributed by atoms with Crippen molar-refractivity contribution >= 4 is 5.91 Å². The second-order valence-electron chi connectivity index (χ2n) is 7.25. The first-order valence-electron chi connectivity index (χ1n) is 8.73. The van der Waals surface area contributed by atoms with Gasteiger partial charge in [-0.25, -0.2) is 0 Å². The molecular weight excluding hydrogens is 320 g/mol. The number of hydrogen-bond acceptors (Lipinski definition) is 5. The van der Waals surface area contributed by atoms with E-state index in [0.29, 0.717) is 12.5 Å². The minimum atomic E-state index is -1.33. The molecule has 1 aliphatic rings. The third kappa shape index (κ3) is 4.70. The van der Waals surface area contributed by atoms with Crippen molar-refractivity contribution < 1.29 is 14.3 Å². The second-order valence-corrected chi connectivity index (χ2v) is 7.25. The van der Waals surface area contributed by atoms with Gasteiger partial charge in [0.15, 0.2) is 5.76 Å². The number of carbonyl (C=O) groups is 1. The van der Waals surface area contributed by atoms with E-state index in [0.717, 1.165) is 49.7 Å². The zero-order chi connectivity index (χ0) is 17.9. The lowest BCUT2D eigenvalue weighted by Gasteiger charge is -2.32. The largest absolute Gasteiger partial charge is 0.458 e. The molecule has 0 saturated carbocycles. The van der Waals surface area contributed by atoms with Crippen LogP contribution in [0.2, 0.25) is 0 Å². The van der Waals surface area contributed by atoms with Crippen LogP contribution in [0.4, 0.5) is 0 Å². The molecule has 1 unspecified atom stereocenters. The molecule has 1 aliphatic heterocycles. The third-order valence-electron chi connectivity index (χ3n) is 4.52. The lowest BCUT2D eigenvalue weighted by Crippen LogP contribution is -2.46. The van der Waals surface area contributed by atoms with Crippen molar-refractivity contribution in [1.82, 2.24) is 20.4 Å². The smallest absolute Gasteiger partial charge is 0.251 e. The normalized spacial score (nSPS) is 19.1. The number of nitrogens with zero attached hydrogens (tertiary/aromatic N) is 2. The molecule has 2 aromatic heterocycles. The highest BCUT2D eigenvalue weighted by Gasteiger charge is 2.26. The zero-order valence-electron chi connectivity index (χ0n) is 14.8. The SMILES string of the molecule is CC(C)(O)C(=O)NCC1CCCN(Cc2ccc(-c3ccn[nH]3)o2)C1. The van der Waals surface area contributed by atoms with Gasteiger partial charge in [0, 0.05) is 19.3 Å². The summed E-state index contributed by atoms with van der Waals surface area (Å²) >= 11 is 0. The molecule has 0 aliphatic carbocycles. The summed E-state index contributed by atoms with van der Waals surface area (Å²) in [5.41, 5.74) is -0.455. The lowest BCUT2D eigenvalue weighted by molar-refractivity contribution is -0.136. The Balaban J connectivity index is 1.51. The van der Waals surface area contributed by atoms with Crippen LogP contribution in [0.3, 0.4) is 0 Å². The number of carbonyl (C=O) groups excluding carboxylic acids is 1. The summed E-state index contributed by atoms with van der Waals surface area (Å²) in [6.07, 6.45) is 3.88. The monoisotopic (exact) mass is 346 g/mol. The first-order chi connectivity index (χ1) is 11.9. The molecule has 25 heavy (non-hydrogen) atoms. The molecule has 0 spiro atoms. The molecule has 1 atom stereocenters. The van der Waals surface area contributed by atoms with Crippen molar-refractivity contribution in [2.45, 2.75) is 38.8 Å². The van der Waals surface area contributed by atoms with Crippen molar-refractivity contribution in [3.05, 3.63) is 30.2 Å². The summed E-state index contributed by atoms with van der Waals surface area (Å²) in [4.78, 5) is 14.1. The van der Waals surface area contributed by atoms with Gasteiger partial charge in [0.05, 0.1) is 6.54 Å². The molecule has 7 heteroatoms. The fourth-order valence-electron chi connectivity index (χ4n) is 3.14. The van der Waals surface area contributed by atoms with Gasteiger partial charge in [-0.1, -0.05) is 0 Å². The van der Waals surface area contributed by atoms with Crippen LogP contribution in [-0.4, -0.2) is 51.3 Å². The van der Waals surface area contributed by atoms with Gasteiger partial charge in [-0.2, -0.15) is 5.10 Å². The van der Waals surface area contributed by atoms with E-state index in [-0.39, 0.29) is 5.91 Å². The van der Waals surface area contributed by atoms with E-state index < -0.39 is 5.60 Å². The zero-order valence-corrected chi connectivity index (χ0v) is 14.8. The number of rotatable bonds is 6. The van der Waals surface area contributed by atoms with Gasteiger partial charge < -0.3 is 14.8 Å². The van der Waals surface area contributed by atoms with Crippen LogP contribution in [0.1, 0.15) is 32.4 Å². The first-order valence-corrected chi connectivity index (χ1v) is 8.73. The highest BCUT2D eigenvalue weighted by atomic mass is 16.3. The predicted octanol–water partition coefficient (Wildman–Crippen LogP) is 1.77. The van der Waals surface area contributed by atoms with E-state index in [4.69, 9.17) is 4.42 Å². The van der Waals surface area contributed by atoms with Crippen LogP contribution in [0.5, 0.6) is 0 Å². The Kier molecular flexibility index (Phi) is 5.24. The molecule has 7 nitrogen and oxygen atoms in total. The Morgan fingerprint density at radius 3 is 3.04 bits per heavy atom. The highest BCUT2D eigenvalue weighted by Crippen LogP contribution is 2.23. The van der Waals surface area contributed by atoms with Gasteiger partial charge in [-0.15, -0.1) is 0 Å². The molecular formula is C18H26N4O3. The summed E-state index contributed by atoms with van der Waals surface area (Å²) in [6, 6.07) is 5.83. The fraction of sp³-hybridized carbons (Fsp3) is 0.556. The van der Waals surface area contributed by atoms with Gasteiger partial charge >= 0.3 is 0 Å². The number of furan rings is 1. The molecule has 3 rings (SSSR count). The molecule has 1 fully saturated rings. The third-order valence-corrected chi connectivity index (χ3v) is 4.52. The Bertz CT molecular complexity index is 687. The number of aromatic amines is 1. The van der Waals surface area contributed by atoms with E-state index in [1.807, 2.05) is 18.2 Å². The molecule has 1 saturated heterocycles. The van der Waals surface area contributed by atoms with Crippen LogP contribution in [0.25, 0.3) is 11.5 Å². The van der Waals surface area contributed by atoms with Crippen LogP contribution < -0.4 is 5.32 Å². The fourth-order valence-corrected chi connectivity index (χ4v) is 3.14. The molecule has 3 N–H and O–H groups in total. The molecule has 0 bridgehead atoms. The number of H-pyrrole nitrogens is 1. The molecule has 0 radical (unpaired) electrons. The van der Waals surface area contributed by atoms with Crippen LogP contribution in [-0.2, 0) is 11.3 Å². The molecule has 136 valence electrons. The second kappa shape index (κ2) is 7.41. The molecule has 3 heterocycles. The highest BCUT2D eigenvalue weighted by molar-refractivity contribution is 5.83. The minimum absolute atomic E-state index is 0.320. The van der Waals surface area contributed by atoms with Gasteiger partial charge in [0.2, 0.25) is 0 Å². The summed E-state index contributed by atoms with van der Waals surface area (Å²) < 4.78 is 5.89. The van der Waals surface area contributed by atoms with E-state index >= 15 is 0 Å². The van der Waals surface area contributed by atoms with E-state index in [9.17, 15) is 9.90 Å². The van der Waals surface area contributed by atoms with Crippen molar-refractivity contribution in [2.24, 2.45) is 5.92 Å². The number of aromatic nitrogens is 2. The van der Waals surface area contributed by atoms with Crippen LogP contribution >= 0.6 is 0 Å². The van der Waals surface area contributed by atoms with Gasteiger partial charge in [-0.3, -0.25) is 14.8 Å². The maximum Gasteiger partial charge on any atom is 0.251 e. The van der Waals surface area contributed by atoms with Gasteiger partial charge in [0.1, 0.15) is 17.1 Å². The minimum Gasteiger partial charge on any atom is -0.458 e. The lowest BCUT2D eigenvalue weighted by atomic mass is 9.97. The van der Waals surface area contributed by atoms with Crippen molar-refractivity contribution in [2.75, 3.05) is 19.6 Å². The maximum atomic E-state index is 11.8. The summed E-state index contributed by atoms with van der Waals surface area (Å²) in [5.74, 6) is 1.78. The standard InChI is InChI=1S/C18H26N4O3/c1-18(2,24)17(23)19-10-13-4-3-9-22(11-13)12-14-5-6-16(25-14)15-7-8-20-21-15/h5-8,13,24H,3-4,9-12H2,1-2H3,(H,19,23)(H,20,21). The quantitative estimate of drug-likeness (QED) is 0.741. The van der Waals surface area contributed by atoms with Gasteiger partial charge in [0.25, 0.3) is 5.91 Å². The number of piperidine rings is 1. The molecule has 0 aromatic carbocycles. The van der Waals surface area contributed by atoms with E-state index in [1.165, 1.54) is 13.8 Å². The average molecular weight is 346 g/mol. The number of likely N-dealkylation sites (tertiary alicyclic amines) is 1. The molecule has 1 amide bonds. The summed E-state index contributed by atoms with van der Waals surface area (Å²) in [6.45, 7) is 6.29. The van der Waals surface area contributed by atoms with E-state index in [1.54, 1.807) is 6.20 Å². The Labute approximate surface area is 147 Å². The van der Waals surface area contributed by atoms with Crippen molar-refractivity contribution in [1.29, 1.82) is 0 Å². The Morgan fingerprint density at radius 1 is 1.48 bits per heavy atom. The van der Waals surface area contributed by atoms with Crippen molar-refractivity contribution in [3.63, 3.8) is 0 Å². The summed E-state index contributed by atoms with van der Waals surface area (Å²) in [5, 5.41) is 19.4. The van der Waals surface area contributed by atoms with Gasteiger partial charge in [-0.05, 0) is 57.4 Å². The Morgan fingerprint density at radius 2 is 2.32 bits per heavy atom. The Hall–Kier alpha value is -2.12. The van der Waals surface area contributed by atoms with Crippen LogP contribution in [0, 0.1) is 5.92 Å². The average Bonchev–Trinajstić information content (AvgIpc) is 3.23. The summed E-state index contributed by atoms with van der Waals surface area (Å²) in [7, 11) is 0. The van der Waals surface area contributed by atoms with E-state index in [2.05, 4.69) is 20.4 Å². The number of hydrogen-bond donors (Lipinski definition) is 3. The number of amides is 1. The topological polar surface area (TPSA) is 94.4 Å². The predicted molar refractivity (Wildman–Crippen MR) is 93.6 cm³/mol. The maximum absolute atomic E-state index is 11.8. The molecule has 2 aromatic rings. The van der Waals surface area contributed by atoms with Crippen LogP contribution in [0.15, 0.2) is 28.8 Å². The number of nitrogens with one attached hydrogen (secondary N) is 2. The first kappa shape index (κ1) is 17.7. The number of aliphatic hydroxyl groups is 1.